The van der Waals surface area contributed by atoms with E-state index in [0.29, 0.717) is 11.1 Å². The highest BCUT2D eigenvalue weighted by Crippen LogP contribution is 2.35. The zero-order valence-electron chi connectivity index (χ0n) is 12.9. The predicted molar refractivity (Wildman–Crippen MR) is 79.0 cm³/mol. The lowest BCUT2D eigenvalue weighted by Crippen LogP contribution is -2.68. The minimum Gasteiger partial charge on any atom is -0.308 e. The van der Waals surface area contributed by atoms with Crippen LogP contribution in [0.25, 0.3) is 0 Å². The van der Waals surface area contributed by atoms with Crippen molar-refractivity contribution in [2.75, 3.05) is 13.1 Å². The minimum atomic E-state index is 0.354. The summed E-state index contributed by atoms with van der Waals surface area (Å²) in [4.78, 5) is 2.81. The van der Waals surface area contributed by atoms with E-state index >= 15 is 0 Å². The number of hydrogen-bond donors (Lipinski definition) is 1. The molecule has 18 heavy (non-hydrogen) atoms. The summed E-state index contributed by atoms with van der Waals surface area (Å²) in [7, 11) is 0. The van der Waals surface area contributed by atoms with E-state index < -0.39 is 0 Å². The van der Waals surface area contributed by atoms with Gasteiger partial charge >= 0.3 is 0 Å². The molecular weight excluding hydrogens is 220 g/mol. The molecule has 2 rings (SSSR count). The first kappa shape index (κ1) is 14.3. The smallest absolute Gasteiger partial charge is 0.0309 e. The van der Waals surface area contributed by atoms with Gasteiger partial charge in [0.1, 0.15) is 0 Å². The Labute approximate surface area is 114 Å². The third-order valence-corrected chi connectivity index (χ3v) is 5.55. The average molecular weight is 252 g/mol. The summed E-state index contributed by atoms with van der Waals surface area (Å²) in [6.07, 6.45) is 9.58. The topological polar surface area (TPSA) is 15.3 Å². The first-order valence-corrected chi connectivity index (χ1v) is 8.05. The Hall–Kier alpha value is -0.0800. The Morgan fingerprint density at radius 3 is 2.39 bits per heavy atom. The summed E-state index contributed by atoms with van der Waals surface area (Å²) in [6.45, 7) is 12.0. The summed E-state index contributed by atoms with van der Waals surface area (Å²) in [5.74, 6) is 0. The molecule has 2 nitrogen and oxygen atoms in total. The van der Waals surface area contributed by atoms with Crippen LogP contribution in [0.2, 0.25) is 0 Å². The van der Waals surface area contributed by atoms with Crippen LogP contribution in [-0.4, -0.2) is 35.1 Å². The molecular formula is C16H32N2. The molecule has 1 aliphatic heterocycles. The van der Waals surface area contributed by atoms with Crippen molar-refractivity contribution in [2.24, 2.45) is 0 Å². The van der Waals surface area contributed by atoms with Gasteiger partial charge in [0.15, 0.2) is 0 Å². The van der Waals surface area contributed by atoms with Gasteiger partial charge in [-0.25, -0.2) is 0 Å². The third kappa shape index (κ3) is 2.75. The molecule has 2 heteroatoms. The van der Waals surface area contributed by atoms with Crippen molar-refractivity contribution in [3.05, 3.63) is 0 Å². The highest BCUT2D eigenvalue weighted by molar-refractivity contribution is 5.02. The van der Waals surface area contributed by atoms with Crippen molar-refractivity contribution in [3.63, 3.8) is 0 Å². The van der Waals surface area contributed by atoms with Gasteiger partial charge in [-0.3, -0.25) is 4.90 Å². The maximum atomic E-state index is 3.92. The van der Waals surface area contributed by atoms with E-state index in [0.717, 1.165) is 6.04 Å². The predicted octanol–water partition coefficient (Wildman–Crippen LogP) is 3.56. The molecule has 1 unspecified atom stereocenters. The summed E-state index contributed by atoms with van der Waals surface area (Å²) in [6, 6.07) is 0.729. The van der Waals surface area contributed by atoms with E-state index in [1.807, 2.05) is 0 Å². The number of nitrogens with one attached hydrogen (secondary N) is 1. The van der Waals surface area contributed by atoms with Crippen molar-refractivity contribution in [2.45, 2.75) is 89.8 Å². The Balaban J connectivity index is 2.13. The van der Waals surface area contributed by atoms with E-state index in [1.165, 1.54) is 58.0 Å². The Kier molecular flexibility index (Phi) is 4.38. The molecule has 0 aromatic rings. The number of piperazine rings is 1. The normalized spacial score (nSPS) is 29.7. The molecule has 1 spiro atoms. The zero-order valence-corrected chi connectivity index (χ0v) is 12.9. The van der Waals surface area contributed by atoms with E-state index in [2.05, 4.69) is 37.9 Å². The molecule has 0 aromatic carbocycles. The van der Waals surface area contributed by atoms with Gasteiger partial charge in [-0.1, -0.05) is 33.1 Å². The Morgan fingerprint density at radius 1 is 1.17 bits per heavy atom. The fourth-order valence-corrected chi connectivity index (χ4v) is 3.80. The second-order valence-corrected chi connectivity index (χ2v) is 7.08. The second-order valence-electron chi connectivity index (χ2n) is 7.08. The molecule has 0 aromatic heterocycles. The van der Waals surface area contributed by atoms with Crippen molar-refractivity contribution in [1.29, 1.82) is 0 Å². The molecule has 0 amide bonds. The standard InChI is InChI=1S/C16H32N2/c1-5-14-12-17-16(10-8-7-9-11-16)13-18(14)15(3,4)6-2/h14,17H,5-13H2,1-4H3. The van der Waals surface area contributed by atoms with Crippen LogP contribution in [0.3, 0.4) is 0 Å². The van der Waals surface area contributed by atoms with Gasteiger partial charge in [-0.05, 0) is 39.5 Å². The van der Waals surface area contributed by atoms with Gasteiger partial charge in [0.05, 0.1) is 0 Å². The van der Waals surface area contributed by atoms with Gasteiger partial charge in [0.25, 0.3) is 0 Å². The van der Waals surface area contributed by atoms with Crippen molar-refractivity contribution in [1.82, 2.24) is 10.2 Å². The average Bonchev–Trinajstić information content (AvgIpc) is 2.40. The fourth-order valence-electron chi connectivity index (χ4n) is 3.80. The Morgan fingerprint density at radius 2 is 1.83 bits per heavy atom. The summed E-state index contributed by atoms with van der Waals surface area (Å²) >= 11 is 0. The molecule has 1 saturated heterocycles. The molecule has 1 aliphatic carbocycles. The maximum Gasteiger partial charge on any atom is 0.0309 e. The molecule has 1 heterocycles. The van der Waals surface area contributed by atoms with Crippen LogP contribution in [0, 0.1) is 0 Å². The largest absolute Gasteiger partial charge is 0.308 e. The van der Waals surface area contributed by atoms with Crippen LogP contribution in [0.4, 0.5) is 0 Å². The minimum absolute atomic E-state index is 0.354. The van der Waals surface area contributed by atoms with Crippen LogP contribution in [-0.2, 0) is 0 Å². The first-order valence-electron chi connectivity index (χ1n) is 8.05. The van der Waals surface area contributed by atoms with Crippen LogP contribution < -0.4 is 5.32 Å². The molecule has 2 fully saturated rings. The summed E-state index contributed by atoms with van der Waals surface area (Å²) in [5, 5.41) is 3.92. The molecule has 106 valence electrons. The van der Waals surface area contributed by atoms with Crippen molar-refractivity contribution < 1.29 is 0 Å². The first-order chi connectivity index (χ1) is 8.53. The highest BCUT2D eigenvalue weighted by atomic mass is 15.3. The molecule has 1 atom stereocenters. The summed E-state index contributed by atoms with van der Waals surface area (Å²) < 4.78 is 0. The third-order valence-electron chi connectivity index (χ3n) is 5.55. The van der Waals surface area contributed by atoms with Crippen LogP contribution in [0.15, 0.2) is 0 Å². The number of nitrogens with zero attached hydrogens (tertiary/aromatic N) is 1. The van der Waals surface area contributed by atoms with E-state index in [9.17, 15) is 0 Å². The Bertz CT molecular complexity index is 266. The van der Waals surface area contributed by atoms with Crippen molar-refractivity contribution >= 4 is 0 Å². The molecule has 0 radical (unpaired) electrons. The highest BCUT2D eigenvalue weighted by Gasteiger charge is 2.43. The van der Waals surface area contributed by atoms with Gasteiger partial charge < -0.3 is 5.32 Å². The SMILES string of the molecule is CCC1CNC2(CCCCC2)CN1C(C)(C)CC. The molecule has 2 aliphatic rings. The monoisotopic (exact) mass is 252 g/mol. The van der Waals surface area contributed by atoms with Gasteiger partial charge in [-0.2, -0.15) is 0 Å². The van der Waals surface area contributed by atoms with E-state index in [1.54, 1.807) is 0 Å². The van der Waals surface area contributed by atoms with Crippen LogP contribution >= 0.6 is 0 Å². The fraction of sp³-hybridized carbons (Fsp3) is 1.00. The van der Waals surface area contributed by atoms with E-state index in [4.69, 9.17) is 0 Å². The molecule has 0 bridgehead atoms. The molecule has 1 N–H and O–H groups in total. The second kappa shape index (κ2) is 5.50. The van der Waals surface area contributed by atoms with Gasteiger partial charge in [-0.15, -0.1) is 0 Å². The summed E-state index contributed by atoms with van der Waals surface area (Å²) in [5.41, 5.74) is 0.795. The zero-order chi connectivity index (χ0) is 13.2. The van der Waals surface area contributed by atoms with Crippen molar-refractivity contribution in [3.8, 4) is 0 Å². The van der Waals surface area contributed by atoms with E-state index in [-0.39, 0.29) is 0 Å². The lowest BCUT2D eigenvalue weighted by molar-refractivity contribution is -0.0153. The van der Waals surface area contributed by atoms with Crippen LogP contribution in [0.1, 0.15) is 72.6 Å². The lowest BCUT2D eigenvalue weighted by Gasteiger charge is -2.54. The van der Waals surface area contributed by atoms with Gasteiger partial charge in [0, 0.05) is 30.2 Å². The van der Waals surface area contributed by atoms with Crippen LogP contribution in [0.5, 0.6) is 0 Å². The van der Waals surface area contributed by atoms with Gasteiger partial charge in [0.2, 0.25) is 0 Å². The molecule has 1 saturated carbocycles. The maximum absolute atomic E-state index is 3.92. The number of rotatable bonds is 3. The quantitative estimate of drug-likeness (QED) is 0.826. The lowest BCUT2D eigenvalue weighted by atomic mass is 9.77. The number of hydrogen-bond acceptors (Lipinski definition) is 2.